The Balaban J connectivity index is 2.95. The van der Waals surface area contributed by atoms with E-state index in [1.807, 2.05) is 20.0 Å². The first kappa shape index (κ1) is 14.4. The molecule has 0 aliphatic rings. The van der Waals surface area contributed by atoms with Crippen molar-refractivity contribution in [2.75, 3.05) is 25.6 Å². The Hall–Kier alpha value is -1.69. The van der Waals surface area contributed by atoms with Gasteiger partial charge in [0.25, 0.3) is 0 Å². The third-order valence-corrected chi connectivity index (χ3v) is 3.23. The molecule has 3 heteroatoms. The molecule has 0 aromatic heterocycles. The first-order valence-electron chi connectivity index (χ1n) is 6.43. The number of ether oxygens (including phenoxy) is 1. The molecule has 0 saturated heterocycles. The molecule has 1 unspecified atom stereocenters. The fourth-order valence-corrected chi connectivity index (χ4v) is 1.94. The summed E-state index contributed by atoms with van der Waals surface area (Å²) in [5, 5.41) is 9.04. The molecule has 0 amide bonds. The van der Waals surface area contributed by atoms with Gasteiger partial charge in [0.15, 0.2) is 0 Å². The molecule has 1 atom stereocenters. The smallest absolute Gasteiger partial charge is 0.142 e. The standard InChI is InChI=1S/C15H22N2O/c1-5-12-7-8-15(18-4)14(9-12)17(3)11-13(6-2)10-16/h7-9,13H,5-6,11H2,1-4H3. The van der Waals surface area contributed by atoms with Crippen LogP contribution in [0, 0.1) is 17.2 Å². The number of anilines is 1. The zero-order valence-corrected chi connectivity index (χ0v) is 11.7. The molecule has 98 valence electrons. The van der Waals surface area contributed by atoms with E-state index in [0.717, 1.165) is 30.8 Å². The van der Waals surface area contributed by atoms with Crippen molar-refractivity contribution in [3.63, 3.8) is 0 Å². The number of methoxy groups -OCH3 is 1. The predicted octanol–water partition coefficient (Wildman–Crippen LogP) is 3.24. The van der Waals surface area contributed by atoms with Crippen LogP contribution in [-0.4, -0.2) is 20.7 Å². The van der Waals surface area contributed by atoms with Crippen molar-refractivity contribution >= 4 is 5.69 Å². The van der Waals surface area contributed by atoms with Gasteiger partial charge in [-0.2, -0.15) is 5.26 Å². The van der Waals surface area contributed by atoms with E-state index in [4.69, 9.17) is 10.00 Å². The van der Waals surface area contributed by atoms with Crippen LogP contribution in [0.1, 0.15) is 25.8 Å². The average molecular weight is 246 g/mol. The lowest BCUT2D eigenvalue weighted by Crippen LogP contribution is -2.24. The van der Waals surface area contributed by atoms with Gasteiger partial charge in [-0.25, -0.2) is 0 Å². The minimum atomic E-state index is 0.0602. The van der Waals surface area contributed by atoms with Gasteiger partial charge in [0, 0.05) is 13.6 Å². The van der Waals surface area contributed by atoms with Gasteiger partial charge in [0.2, 0.25) is 0 Å². The first-order chi connectivity index (χ1) is 8.65. The average Bonchev–Trinajstić information content (AvgIpc) is 2.43. The third-order valence-electron chi connectivity index (χ3n) is 3.23. The second kappa shape index (κ2) is 6.90. The highest BCUT2D eigenvalue weighted by atomic mass is 16.5. The lowest BCUT2D eigenvalue weighted by atomic mass is 10.1. The molecule has 0 saturated carbocycles. The molecule has 0 N–H and O–H groups in total. The molecule has 1 aromatic carbocycles. The van der Waals surface area contributed by atoms with Gasteiger partial charge in [-0.05, 0) is 30.5 Å². The fourth-order valence-electron chi connectivity index (χ4n) is 1.94. The number of aryl methyl sites for hydroxylation is 1. The van der Waals surface area contributed by atoms with Crippen molar-refractivity contribution in [1.82, 2.24) is 0 Å². The maximum Gasteiger partial charge on any atom is 0.142 e. The van der Waals surface area contributed by atoms with E-state index in [2.05, 4.69) is 30.0 Å². The Morgan fingerprint density at radius 1 is 1.39 bits per heavy atom. The highest BCUT2D eigenvalue weighted by molar-refractivity contribution is 5.59. The van der Waals surface area contributed by atoms with Crippen molar-refractivity contribution in [3.05, 3.63) is 23.8 Å². The van der Waals surface area contributed by atoms with Gasteiger partial charge in [-0.1, -0.05) is 19.9 Å². The molecule has 0 bridgehead atoms. The van der Waals surface area contributed by atoms with Gasteiger partial charge in [0.05, 0.1) is 24.8 Å². The number of benzene rings is 1. The number of hydrogen-bond donors (Lipinski definition) is 0. The molecule has 1 rings (SSSR count). The van der Waals surface area contributed by atoms with E-state index >= 15 is 0 Å². The summed E-state index contributed by atoms with van der Waals surface area (Å²) in [7, 11) is 3.69. The molecule has 0 spiro atoms. The number of nitriles is 1. The van der Waals surface area contributed by atoms with Gasteiger partial charge >= 0.3 is 0 Å². The molecule has 0 aliphatic carbocycles. The van der Waals surface area contributed by atoms with Crippen LogP contribution in [0.15, 0.2) is 18.2 Å². The predicted molar refractivity (Wildman–Crippen MR) is 75.0 cm³/mol. The lowest BCUT2D eigenvalue weighted by Gasteiger charge is -2.24. The number of nitrogens with zero attached hydrogens (tertiary/aromatic N) is 2. The molecule has 0 aliphatic heterocycles. The summed E-state index contributed by atoms with van der Waals surface area (Å²) in [5.74, 6) is 0.924. The first-order valence-corrected chi connectivity index (χ1v) is 6.43. The van der Waals surface area contributed by atoms with Crippen LogP contribution in [0.4, 0.5) is 5.69 Å². The van der Waals surface area contributed by atoms with Gasteiger partial charge in [-0.15, -0.1) is 0 Å². The molecule has 1 aromatic rings. The van der Waals surface area contributed by atoms with Crippen LogP contribution in [0.5, 0.6) is 5.75 Å². The van der Waals surface area contributed by atoms with Gasteiger partial charge in [0.1, 0.15) is 5.75 Å². The summed E-state index contributed by atoms with van der Waals surface area (Å²) in [5.41, 5.74) is 2.34. The normalized spacial score (nSPS) is 11.7. The summed E-state index contributed by atoms with van der Waals surface area (Å²) in [6.07, 6.45) is 1.87. The minimum Gasteiger partial charge on any atom is -0.495 e. The minimum absolute atomic E-state index is 0.0602. The second-order valence-electron chi connectivity index (χ2n) is 4.47. The zero-order valence-electron chi connectivity index (χ0n) is 11.7. The van der Waals surface area contributed by atoms with Crippen molar-refractivity contribution in [1.29, 1.82) is 5.26 Å². The summed E-state index contributed by atoms with van der Waals surface area (Å²) < 4.78 is 5.39. The molecule has 3 nitrogen and oxygen atoms in total. The topological polar surface area (TPSA) is 36.3 Å². The maximum absolute atomic E-state index is 9.04. The summed E-state index contributed by atoms with van der Waals surface area (Å²) >= 11 is 0. The summed E-state index contributed by atoms with van der Waals surface area (Å²) in [4.78, 5) is 2.11. The highest BCUT2D eigenvalue weighted by Crippen LogP contribution is 2.29. The van der Waals surface area contributed by atoms with Gasteiger partial charge < -0.3 is 9.64 Å². The van der Waals surface area contributed by atoms with E-state index in [1.54, 1.807) is 7.11 Å². The Morgan fingerprint density at radius 2 is 2.11 bits per heavy atom. The van der Waals surface area contributed by atoms with E-state index in [0.29, 0.717) is 0 Å². The van der Waals surface area contributed by atoms with Crippen LogP contribution < -0.4 is 9.64 Å². The van der Waals surface area contributed by atoms with Gasteiger partial charge in [-0.3, -0.25) is 0 Å². The van der Waals surface area contributed by atoms with Crippen LogP contribution in [-0.2, 0) is 6.42 Å². The Kier molecular flexibility index (Phi) is 5.51. The third kappa shape index (κ3) is 3.40. The fraction of sp³-hybridized carbons (Fsp3) is 0.533. The highest BCUT2D eigenvalue weighted by Gasteiger charge is 2.13. The SMILES string of the molecule is CCc1ccc(OC)c(N(C)CC(C#N)CC)c1. The summed E-state index contributed by atoms with van der Waals surface area (Å²) in [6, 6.07) is 8.56. The second-order valence-corrected chi connectivity index (χ2v) is 4.47. The number of hydrogen-bond acceptors (Lipinski definition) is 3. The Bertz CT molecular complexity index is 423. The molecule has 0 heterocycles. The van der Waals surface area contributed by atoms with Crippen molar-refractivity contribution < 1.29 is 4.74 Å². The van der Waals surface area contributed by atoms with Crippen LogP contribution in [0.25, 0.3) is 0 Å². The maximum atomic E-state index is 9.04. The van der Waals surface area contributed by atoms with Crippen LogP contribution in [0.2, 0.25) is 0 Å². The molecule has 18 heavy (non-hydrogen) atoms. The largest absolute Gasteiger partial charge is 0.495 e. The summed E-state index contributed by atoms with van der Waals surface area (Å²) in [6.45, 7) is 4.91. The van der Waals surface area contributed by atoms with Crippen molar-refractivity contribution in [2.24, 2.45) is 5.92 Å². The Labute approximate surface area is 110 Å². The zero-order chi connectivity index (χ0) is 13.5. The molecule has 0 fully saturated rings. The van der Waals surface area contributed by atoms with E-state index < -0.39 is 0 Å². The molecule has 0 radical (unpaired) electrons. The van der Waals surface area contributed by atoms with E-state index in [9.17, 15) is 0 Å². The number of rotatable bonds is 6. The van der Waals surface area contributed by atoms with E-state index in [1.165, 1.54) is 5.56 Å². The lowest BCUT2D eigenvalue weighted by molar-refractivity contribution is 0.414. The van der Waals surface area contributed by atoms with E-state index in [-0.39, 0.29) is 5.92 Å². The Morgan fingerprint density at radius 3 is 2.61 bits per heavy atom. The van der Waals surface area contributed by atoms with Crippen molar-refractivity contribution in [3.8, 4) is 11.8 Å². The molecular formula is C15H22N2O. The van der Waals surface area contributed by atoms with Crippen LogP contribution >= 0.6 is 0 Å². The van der Waals surface area contributed by atoms with Crippen LogP contribution in [0.3, 0.4) is 0 Å². The van der Waals surface area contributed by atoms with Crippen molar-refractivity contribution in [2.45, 2.75) is 26.7 Å². The monoisotopic (exact) mass is 246 g/mol. The quantitative estimate of drug-likeness (QED) is 0.773. The molecular weight excluding hydrogens is 224 g/mol.